The summed E-state index contributed by atoms with van der Waals surface area (Å²) in [5.41, 5.74) is -0.277. The van der Waals surface area contributed by atoms with Gasteiger partial charge in [-0.3, -0.25) is 4.90 Å². The van der Waals surface area contributed by atoms with Gasteiger partial charge >= 0.3 is 0 Å². The topological polar surface area (TPSA) is 30.9 Å². The van der Waals surface area contributed by atoms with Crippen LogP contribution in [0.15, 0.2) is 0 Å². The van der Waals surface area contributed by atoms with Crippen molar-refractivity contribution in [1.29, 1.82) is 0 Å². The summed E-state index contributed by atoms with van der Waals surface area (Å²) in [5, 5.41) is 0. The molecule has 0 bridgehead atoms. The molecule has 0 radical (unpaired) electrons. The number of ether oxygens (including phenoxy) is 3. The van der Waals surface area contributed by atoms with Crippen LogP contribution < -0.4 is 0 Å². The van der Waals surface area contributed by atoms with E-state index >= 15 is 0 Å². The van der Waals surface area contributed by atoms with E-state index in [0.717, 1.165) is 0 Å². The maximum atomic E-state index is 6.05. The first-order chi connectivity index (χ1) is 10.5. The van der Waals surface area contributed by atoms with Crippen molar-refractivity contribution in [2.24, 2.45) is 0 Å². The van der Waals surface area contributed by atoms with Gasteiger partial charge in [0.2, 0.25) is 0 Å². The zero-order valence-electron chi connectivity index (χ0n) is 17.2. The van der Waals surface area contributed by atoms with E-state index in [9.17, 15) is 0 Å². The van der Waals surface area contributed by atoms with Gasteiger partial charge in [-0.2, -0.15) is 0 Å². The van der Waals surface area contributed by atoms with E-state index in [1.54, 1.807) is 0 Å². The van der Waals surface area contributed by atoms with E-state index in [1.807, 2.05) is 0 Å². The minimum Gasteiger partial charge on any atom is -0.377 e. The average molecular weight is 332 g/mol. The third-order valence-electron chi connectivity index (χ3n) is 3.72. The van der Waals surface area contributed by atoms with E-state index in [-0.39, 0.29) is 23.9 Å². The molecule has 0 spiro atoms. The zero-order valence-corrected chi connectivity index (χ0v) is 17.2. The van der Waals surface area contributed by atoms with Crippen molar-refractivity contribution < 1.29 is 14.2 Å². The Kier molecular flexibility index (Phi) is 10.6. The summed E-state index contributed by atoms with van der Waals surface area (Å²) < 4.78 is 18.2. The monoisotopic (exact) mass is 331 g/mol. The molecule has 0 aliphatic rings. The summed E-state index contributed by atoms with van der Waals surface area (Å²) in [4.78, 5) is 2.49. The molecule has 4 heteroatoms. The van der Waals surface area contributed by atoms with Gasteiger partial charge in [0.05, 0.1) is 43.7 Å². The quantitative estimate of drug-likeness (QED) is 0.538. The Bertz CT molecular complexity index is 262. The van der Waals surface area contributed by atoms with Crippen LogP contribution in [-0.4, -0.2) is 60.7 Å². The third-order valence-corrected chi connectivity index (χ3v) is 3.72. The second-order valence-corrected chi connectivity index (χ2v) is 7.90. The molecule has 0 atom stereocenters. The van der Waals surface area contributed by atoms with Crippen molar-refractivity contribution in [3.05, 3.63) is 0 Å². The predicted octanol–water partition coefficient (Wildman–Crippen LogP) is 4.12. The molecule has 23 heavy (non-hydrogen) atoms. The molecule has 0 unspecified atom stereocenters. The first-order valence-electron chi connectivity index (χ1n) is 9.15. The molecule has 0 aromatic rings. The molecule has 0 aliphatic carbocycles. The van der Waals surface area contributed by atoms with Crippen molar-refractivity contribution in [3.63, 3.8) is 0 Å². The molecule has 0 aromatic heterocycles. The van der Waals surface area contributed by atoms with Crippen molar-refractivity contribution in [3.8, 4) is 0 Å². The molecule has 140 valence electrons. The molecule has 0 saturated carbocycles. The van der Waals surface area contributed by atoms with E-state index in [1.165, 1.54) is 0 Å². The van der Waals surface area contributed by atoms with Crippen molar-refractivity contribution in [2.45, 2.75) is 105 Å². The number of nitrogens with zero attached hydrogens (tertiary/aromatic N) is 1. The lowest BCUT2D eigenvalue weighted by atomic mass is 9.95. The maximum absolute atomic E-state index is 6.05. The highest BCUT2D eigenvalue weighted by Crippen LogP contribution is 2.26. The standard InChI is InChI=1S/C19H41NO3/c1-14(2)20(15(3)4)19(11-21-16(5)6,12-22-17(7)8)13-23-18(9)10/h14-18H,11-13H2,1-10H3. The van der Waals surface area contributed by atoms with E-state index in [2.05, 4.69) is 74.1 Å². The Morgan fingerprint density at radius 2 is 0.826 bits per heavy atom. The zero-order chi connectivity index (χ0) is 18.2. The molecule has 0 saturated heterocycles. The van der Waals surface area contributed by atoms with Crippen LogP contribution in [0.2, 0.25) is 0 Å². The van der Waals surface area contributed by atoms with Crippen LogP contribution in [0, 0.1) is 0 Å². The summed E-state index contributed by atoms with van der Waals surface area (Å²) in [7, 11) is 0. The van der Waals surface area contributed by atoms with Crippen molar-refractivity contribution in [2.75, 3.05) is 19.8 Å². The lowest BCUT2D eigenvalue weighted by Gasteiger charge is -2.48. The third kappa shape index (κ3) is 8.48. The van der Waals surface area contributed by atoms with E-state index < -0.39 is 0 Å². The normalized spacial score (nSPS) is 13.6. The predicted molar refractivity (Wildman–Crippen MR) is 98.1 cm³/mol. The van der Waals surface area contributed by atoms with Gasteiger partial charge in [-0.25, -0.2) is 0 Å². The lowest BCUT2D eigenvalue weighted by molar-refractivity contribution is -0.141. The molecule has 0 rings (SSSR count). The van der Waals surface area contributed by atoms with Crippen LogP contribution in [-0.2, 0) is 14.2 Å². The van der Waals surface area contributed by atoms with Crippen molar-refractivity contribution in [1.82, 2.24) is 4.90 Å². The van der Waals surface area contributed by atoms with Gasteiger partial charge in [0.25, 0.3) is 0 Å². The molecular weight excluding hydrogens is 290 g/mol. The van der Waals surface area contributed by atoms with Gasteiger partial charge in [0, 0.05) is 12.1 Å². The molecule has 0 N–H and O–H groups in total. The number of rotatable bonds is 12. The molecule has 0 fully saturated rings. The van der Waals surface area contributed by atoms with Gasteiger partial charge in [-0.05, 0) is 69.2 Å². The van der Waals surface area contributed by atoms with Gasteiger partial charge in [0.15, 0.2) is 0 Å². The molecule has 0 heterocycles. The fourth-order valence-electron chi connectivity index (χ4n) is 3.01. The van der Waals surface area contributed by atoms with Crippen LogP contribution in [0.5, 0.6) is 0 Å². The van der Waals surface area contributed by atoms with Gasteiger partial charge < -0.3 is 14.2 Å². The fourth-order valence-corrected chi connectivity index (χ4v) is 3.01. The minimum atomic E-state index is -0.277. The second-order valence-electron chi connectivity index (χ2n) is 7.90. The largest absolute Gasteiger partial charge is 0.377 e. The minimum absolute atomic E-state index is 0.189. The van der Waals surface area contributed by atoms with Gasteiger partial charge in [0.1, 0.15) is 0 Å². The van der Waals surface area contributed by atoms with E-state index in [0.29, 0.717) is 31.9 Å². The average Bonchev–Trinajstić information content (AvgIpc) is 2.39. The first kappa shape index (κ1) is 22.8. The van der Waals surface area contributed by atoms with Crippen LogP contribution in [0.1, 0.15) is 69.2 Å². The highest BCUT2D eigenvalue weighted by molar-refractivity contribution is 4.95. The fraction of sp³-hybridized carbons (Fsp3) is 1.00. The highest BCUT2D eigenvalue weighted by atomic mass is 16.5. The van der Waals surface area contributed by atoms with Crippen LogP contribution in [0.25, 0.3) is 0 Å². The lowest BCUT2D eigenvalue weighted by Crippen LogP contribution is -2.63. The smallest absolute Gasteiger partial charge is 0.0919 e. The van der Waals surface area contributed by atoms with Crippen molar-refractivity contribution >= 4 is 0 Å². The Morgan fingerprint density at radius 3 is 1.00 bits per heavy atom. The first-order valence-corrected chi connectivity index (χ1v) is 9.15. The summed E-state index contributed by atoms with van der Waals surface area (Å²) >= 11 is 0. The van der Waals surface area contributed by atoms with Gasteiger partial charge in [-0.1, -0.05) is 0 Å². The number of hydrogen-bond donors (Lipinski definition) is 0. The Balaban J connectivity index is 5.55. The molecular formula is C19H41NO3. The second kappa shape index (κ2) is 10.7. The van der Waals surface area contributed by atoms with E-state index in [4.69, 9.17) is 14.2 Å². The number of hydrogen-bond acceptors (Lipinski definition) is 4. The maximum Gasteiger partial charge on any atom is 0.0919 e. The molecule has 4 nitrogen and oxygen atoms in total. The van der Waals surface area contributed by atoms with Gasteiger partial charge in [-0.15, -0.1) is 0 Å². The van der Waals surface area contributed by atoms with Crippen LogP contribution in [0.4, 0.5) is 0 Å². The summed E-state index contributed by atoms with van der Waals surface area (Å²) in [6, 6.07) is 0.773. The van der Waals surface area contributed by atoms with Crippen LogP contribution >= 0.6 is 0 Å². The summed E-state index contributed by atoms with van der Waals surface area (Å²) in [6.45, 7) is 23.2. The molecule has 0 amide bonds. The van der Waals surface area contributed by atoms with Crippen LogP contribution in [0.3, 0.4) is 0 Å². The Morgan fingerprint density at radius 1 is 0.565 bits per heavy atom. The molecule has 0 aliphatic heterocycles. The SMILES string of the molecule is CC(C)OCC(COC(C)C)(COC(C)C)N(C(C)C)C(C)C. The summed E-state index contributed by atoms with van der Waals surface area (Å²) in [6.07, 6.45) is 0.566. The molecule has 0 aromatic carbocycles. The Labute approximate surface area is 144 Å². The summed E-state index contributed by atoms with van der Waals surface area (Å²) in [5.74, 6) is 0. The highest BCUT2D eigenvalue weighted by Gasteiger charge is 2.41. The Hall–Kier alpha value is -0.160.